The highest BCUT2D eigenvalue weighted by Crippen LogP contribution is 2.22. The summed E-state index contributed by atoms with van der Waals surface area (Å²) >= 11 is 0. The molecule has 4 nitrogen and oxygen atoms in total. The van der Waals surface area contributed by atoms with E-state index in [1.54, 1.807) is 0 Å². The Kier molecular flexibility index (Phi) is 4.76. The lowest BCUT2D eigenvalue weighted by Crippen LogP contribution is -2.44. The lowest BCUT2D eigenvalue weighted by Gasteiger charge is -2.32. The summed E-state index contributed by atoms with van der Waals surface area (Å²) in [7, 11) is 0. The number of carbonyl (C=O) groups is 1. The van der Waals surface area contributed by atoms with E-state index in [1.807, 2.05) is 31.2 Å². The Morgan fingerprint density at radius 1 is 1.08 bits per heavy atom. The normalized spacial score (nSPS) is 16.0. The number of fused-ring (bicyclic) bond motifs is 1. The van der Waals surface area contributed by atoms with Gasteiger partial charge in [-0.25, -0.2) is 0 Å². The van der Waals surface area contributed by atoms with Gasteiger partial charge in [-0.1, -0.05) is 48.5 Å². The van der Waals surface area contributed by atoms with Crippen LogP contribution in [-0.2, 0) is 6.54 Å². The molecule has 0 aliphatic carbocycles. The molecule has 1 aliphatic heterocycles. The lowest BCUT2D eigenvalue weighted by molar-refractivity contribution is 0.0910. The van der Waals surface area contributed by atoms with Crippen LogP contribution in [0.25, 0.3) is 10.9 Å². The van der Waals surface area contributed by atoms with Gasteiger partial charge in [0, 0.05) is 42.3 Å². The SMILES string of the molecule is Cc1[nH]c2ccccc2c1C(=O)NC1CCN(Cc2ccccc2)CC1. The van der Waals surface area contributed by atoms with E-state index < -0.39 is 0 Å². The van der Waals surface area contributed by atoms with Crippen molar-refractivity contribution >= 4 is 16.8 Å². The number of likely N-dealkylation sites (tertiary alicyclic amines) is 1. The molecule has 2 N–H and O–H groups in total. The van der Waals surface area contributed by atoms with E-state index in [0.717, 1.165) is 54.6 Å². The maximum absolute atomic E-state index is 12.8. The zero-order valence-electron chi connectivity index (χ0n) is 15.2. The third-order valence-corrected chi connectivity index (χ3v) is 5.29. The molecular formula is C22H25N3O. The Hall–Kier alpha value is -2.59. The van der Waals surface area contributed by atoms with Crippen LogP contribution in [0.3, 0.4) is 0 Å². The minimum absolute atomic E-state index is 0.0430. The number of nitrogens with one attached hydrogen (secondary N) is 2. The summed E-state index contributed by atoms with van der Waals surface area (Å²) in [4.78, 5) is 18.6. The van der Waals surface area contributed by atoms with E-state index in [1.165, 1.54) is 5.56 Å². The minimum atomic E-state index is 0.0430. The Morgan fingerprint density at radius 2 is 1.77 bits per heavy atom. The first-order valence-corrected chi connectivity index (χ1v) is 9.35. The van der Waals surface area contributed by atoms with E-state index in [4.69, 9.17) is 0 Å². The van der Waals surface area contributed by atoms with E-state index in [0.29, 0.717) is 0 Å². The molecule has 0 radical (unpaired) electrons. The van der Waals surface area contributed by atoms with Crippen LogP contribution in [0.4, 0.5) is 0 Å². The van der Waals surface area contributed by atoms with Crippen LogP contribution in [0.15, 0.2) is 54.6 Å². The van der Waals surface area contributed by atoms with Gasteiger partial charge in [0.05, 0.1) is 5.56 Å². The molecule has 0 unspecified atom stereocenters. The largest absolute Gasteiger partial charge is 0.358 e. The topological polar surface area (TPSA) is 48.1 Å². The summed E-state index contributed by atoms with van der Waals surface area (Å²) in [5.74, 6) is 0.0430. The predicted octanol–water partition coefficient (Wildman–Crippen LogP) is 3.87. The number of carbonyl (C=O) groups excluding carboxylic acids is 1. The minimum Gasteiger partial charge on any atom is -0.358 e. The van der Waals surface area contributed by atoms with Crippen LogP contribution in [0.5, 0.6) is 0 Å². The molecule has 0 saturated carbocycles. The van der Waals surface area contributed by atoms with Crippen LogP contribution in [0.1, 0.15) is 34.5 Å². The van der Waals surface area contributed by atoms with Crippen molar-refractivity contribution < 1.29 is 4.79 Å². The Labute approximate surface area is 154 Å². The first kappa shape index (κ1) is 16.9. The van der Waals surface area contributed by atoms with Gasteiger partial charge in [0.25, 0.3) is 5.91 Å². The van der Waals surface area contributed by atoms with Crippen molar-refractivity contribution in [3.8, 4) is 0 Å². The first-order valence-electron chi connectivity index (χ1n) is 9.35. The van der Waals surface area contributed by atoms with Crippen LogP contribution < -0.4 is 5.32 Å². The van der Waals surface area contributed by atoms with Gasteiger partial charge >= 0.3 is 0 Å². The molecule has 1 saturated heterocycles. The molecule has 1 fully saturated rings. The molecule has 134 valence electrons. The highest BCUT2D eigenvalue weighted by atomic mass is 16.1. The Morgan fingerprint density at radius 3 is 2.54 bits per heavy atom. The van der Waals surface area contributed by atoms with Gasteiger partial charge in [-0.15, -0.1) is 0 Å². The molecule has 26 heavy (non-hydrogen) atoms. The highest BCUT2D eigenvalue weighted by Gasteiger charge is 2.23. The summed E-state index contributed by atoms with van der Waals surface area (Å²) in [6.45, 7) is 5.00. The number of rotatable bonds is 4. The number of aromatic amines is 1. The number of hydrogen-bond acceptors (Lipinski definition) is 2. The van der Waals surface area contributed by atoms with Gasteiger partial charge in [0.15, 0.2) is 0 Å². The molecule has 2 heterocycles. The van der Waals surface area contributed by atoms with Crippen molar-refractivity contribution in [2.24, 2.45) is 0 Å². The highest BCUT2D eigenvalue weighted by molar-refractivity contribution is 6.08. The second-order valence-corrected chi connectivity index (χ2v) is 7.18. The number of aryl methyl sites for hydroxylation is 1. The second kappa shape index (κ2) is 7.34. The van der Waals surface area contributed by atoms with Gasteiger partial charge < -0.3 is 10.3 Å². The zero-order chi connectivity index (χ0) is 17.9. The molecule has 2 aromatic carbocycles. The summed E-state index contributed by atoms with van der Waals surface area (Å²) in [5, 5.41) is 4.26. The third-order valence-electron chi connectivity index (χ3n) is 5.29. The van der Waals surface area contributed by atoms with Crippen LogP contribution in [-0.4, -0.2) is 34.9 Å². The zero-order valence-corrected chi connectivity index (χ0v) is 15.2. The predicted molar refractivity (Wildman–Crippen MR) is 105 cm³/mol. The summed E-state index contributed by atoms with van der Waals surface area (Å²) in [6.07, 6.45) is 2.00. The fourth-order valence-electron chi connectivity index (χ4n) is 3.90. The Balaban J connectivity index is 1.37. The molecule has 4 rings (SSSR count). The molecule has 0 bridgehead atoms. The van der Waals surface area contributed by atoms with Gasteiger partial charge in [0.1, 0.15) is 0 Å². The number of H-pyrrole nitrogens is 1. The molecule has 0 spiro atoms. The molecule has 4 heteroatoms. The van der Waals surface area contributed by atoms with E-state index in [9.17, 15) is 4.79 Å². The fraction of sp³-hybridized carbons (Fsp3) is 0.318. The van der Waals surface area contributed by atoms with Gasteiger partial charge in [0.2, 0.25) is 0 Å². The van der Waals surface area contributed by atoms with E-state index in [2.05, 4.69) is 45.5 Å². The fourth-order valence-corrected chi connectivity index (χ4v) is 3.90. The monoisotopic (exact) mass is 347 g/mol. The average Bonchev–Trinajstić information content (AvgIpc) is 3.00. The maximum Gasteiger partial charge on any atom is 0.253 e. The molecule has 3 aromatic rings. The molecule has 1 amide bonds. The van der Waals surface area contributed by atoms with Gasteiger partial charge in [-0.3, -0.25) is 9.69 Å². The van der Waals surface area contributed by atoms with E-state index >= 15 is 0 Å². The third kappa shape index (κ3) is 3.51. The first-order chi connectivity index (χ1) is 12.7. The number of piperidine rings is 1. The maximum atomic E-state index is 12.8. The summed E-state index contributed by atoms with van der Waals surface area (Å²) in [5.41, 5.74) is 4.09. The molecule has 1 aromatic heterocycles. The van der Waals surface area contributed by atoms with Crippen molar-refractivity contribution in [3.63, 3.8) is 0 Å². The molecule has 0 atom stereocenters. The standard InChI is InChI=1S/C22H25N3O/c1-16-21(19-9-5-6-10-20(19)23-16)22(26)24-18-11-13-25(14-12-18)15-17-7-3-2-4-8-17/h2-10,18,23H,11-15H2,1H3,(H,24,26). The van der Waals surface area contributed by atoms with Crippen molar-refractivity contribution in [3.05, 3.63) is 71.4 Å². The number of para-hydroxylation sites is 1. The number of hydrogen-bond donors (Lipinski definition) is 2. The number of aromatic nitrogens is 1. The van der Waals surface area contributed by atoms with Crippen molar-refractivity contribution in [2.75, 3.05) is 13.1 Å². The van der Waals surface area contributed by atoms with Crippen molar-refractivity contribution in [2.45, 2.75) is 32.4 Å². The van der Waals surface area contributed by atoms with Crippen LogP contribution >= 0.6 is 0 Å². The number of amides is 1. The molecule has 1 aliphatic rings. The van der Waals surface area contributed by atoms with Gasteiger partial charge in [-0.05, 0) is 31.4 Å². The summed E-state index contributed by atoms with van der Waals surface area (Å²) < 4.78 is 0. The van der Waals surface area contributed by atoms with E-state index in [-0.39, 0.29) is 11.9 Å². The smallest absolute Gasteiger partial charge is 0.253 e. The second-order valence-electron chi connectivity index (χ2n) is 7.18. The van der Waals surface area contributed by atoms with Crippen LogP contribution in [0.2, 0.25) is 0 Å². The molecular weight excluding hydrogens is 322 g/mol. The van der Waals surface area contributed by atoms with Crippen molar-refractivity contribution in [1.82, 2.24) is 15.2 Å². The quantitative estimate of drug-likeness (QED) is 0.753. The number of nitrogens with zero attached hydrogens (tertiary/aromatic N) is 1. The van der Waals surface area contributed by atoms with Gasteiger partial charge in [-0.2, -0.15) is 0 Å². The lowest BCUT2D eigenvalue weighted by atomic mass is 10.0. The van der Waals surface area contributed by atoms with Crippen LogP contribution in [0, 0.1) is 6.92 Å². The Bertz CT molecular complexity index is 892. The average molecular weight is 347 g/mol. The van der Waals surface area contributed by atoms with Crippen molar-refractivity contribution in [1.29, 1.82) is 0 Å². The summed E-state index contributed by atoms with van der Waals surface area (Å²) in [6, 6.07) is 18.8. The number of benzene rings is 2.